The predicted molar refractivity (Wildman–Crippen MR) is 134 cm³/mol. The maximum Gasteiger partial charge on any atom is 0.251 e. The smallest absolute Gasteiger partial charge is 0.251 e. The van der Waals surface area contributed by atoms with E-state index in [4.69, 9.17) is 9.47 Å². The number of hydrogen-bond acceptors (Lipinski definition) is 6. The molecule has 5 heterocycles. The average Bonchev–Trinajstić information content (AvgIpc) is 2.87. The van der Waals surface area contributed by atoms with E-state index in [-0.39, 0.29) is 23.8 Å². The second-order valence-corrected chi connectivity index (χ2v) is 9.48. The van der Waals surface area contributed by atoms with Crippen LogP contribution in [0.2, 0.25) is 0 Å². The molecule has 0 bridgehead atoms. The van der Waals surface area contributed by atoms with E-state index in [1.165, 1.54) is 6.07 Å². The molecule has 9 heteroatoms. The van der Waals surface area contributed by atoms with Crippen LogP contribution in [-0.4, -0.2) is 53.3 Å². The zero-order chi connectivity index (χ0) is 23.1. The minimum Gasteiger partial charge on any atom is -0.486 e. The van der Waals surface area contributed by atoms with E-state index in [2.05, 4.69) is 15.2 Å². The monoisotopic (exact) mass is 500 g/mol. The topological polar surface area (TPSA) is 68.6 Å². The number of nitrogens with one attached hydrogen (secondary N) is 1. The van der Waals surface area contributed by atoms with Crippen molar-refractivity contribution in [1.29, 1.82) is 0 Å². The van der Waals surface area contributed by atoms with Gasteiger partial charge in [0.1, 0.15) is 19.0 Å². The molecule has 3 aromatic rings. The third-order valence-corrected chi connectivity index (χ3v) is 7.39. The van der Waals surface area contributed by atoms with Crippen LogP contribution in [0.5, 0.6) is 11.5 Å². The first-order chi connectivity index (χ1) is 16.7. The summed E-state index contributed by atoms with van der Waals surface area (Å²) < 4.78 is 27.3. The number of aromatic nitrogens is 2. The van der Waals surface area contributed by atoms with E-state index < -0.39 is 0 Å². The van der Waals surface area contributed by atoms with E-state index in [1.807, 2.05) is 12.1 Å². The maximum atomic E-state index is 14.4. The Bertz CT molecular complexity index is 1280. The summed E-state index contributed by atoms with van der Waals surface area (Å²) in [6.45, 7) is 5.50. The lowest BCUT2D eigenvalue weighted by molar-refractivity contribution is 0.170. The third kappa shape index (κ3) is 4.75. The van der Waals surface area contributed by atoms with Crippen LogP contribution >= 0.6 is 12.4 Å². The number of benzene rings is 1. The number of piperidine rings is 1. The quantitative estimate of drug-likeness (QED) is 0.578. The molecular weight excluding hydrogens is 471 g/mol. The Morgan fingerprint density at radius 2 is 1.83 bits per heavy atom. The summed E-state index contributed by atoms with van der Waals surface area (Å²) in [5, 5.41) is 4.20. The molecule has 0 amide bonds. The van der Waals surface area contributed by atoms with E-state index in [0.29, 0.717) is 43.6 Å². The Labute approximate surface area is 209 Å². The normalized spacial score (nSPS) is 20.0. The summed E-state index contributed by atoms with van der Waals surface area (Å²) in [6.07, 6.45) is 4.81. The van der Waals surface area contributed by atoms with Crippen LogP contribution in [0.4, 0.5) is 4.39 Å². The van der Waals surface area contributed by atoms with Crippen molar-refractivity contribution in [1.82, 2.24) is 19.8 Å². The number of aryl methyl sites for hydroxylation is 1. The summed E-state index contributed by atoms with van der Waals surface area (Å²) >= 11 is 0. The first kappa shape index (κ1) is 24.0. The van der Waals surface area contributed by atoms with Gasteiger partial charge in [0.25, 0.3) is 5.56 Å². The fraction of sp³-hybridized carbons (Fsp3) is 0.462. The first-order valence-corrected chi connectivity index (χ1v) is 12.2. The number of hydrogen-bond donors (Lipinski definition) is 1. The Morgan fingerprint density at radius 3 is 2.66 bits per heavy atom. The number of ether oxygens (including phenoxy) is 2. The molecule has 2 aromatic heterocycles. The van der Waals surface area contributed by atoms with Crippen molar-refractivity contribution < 1.29 is 13.9 Å². The second-order valence-electron chi connectivity index (χ2n) is 9.48. The molecule has 0 spiro atoms. The van der Waals surface area contributed by atoms with Gasteiger partial charge in [0.05, 0.1) is 17.4 Å². The van der Waals surface area contributed by atoms with Crippen LogP contribution in [-0.2, 0) is 13.1 Å². The largest absolute Gasteiger partial charge is 0.486 e. The lowest BCUT2D eigenvalue weighted by Crippen LogP contribution is -2.44. The third-order valence-electron chi connectivity index (χ3n) is 7.39. The molecule has 3 aliphatic rings. The van der Waals surface area contributed by atoms with Gasteiger partial charge >= 0.3 is 0 Å². The van der Waals surface area contributed by atoms with Gasteiger partial charge < -0.3 is 24.3 Å². The number of nitrogens with zero attached hydrogens (tertiary/aromatic N) is 3. The van der Waals surface area contributed by atoms with Gasteiger partial charge in [-0.1, -0.05) is 6.07 Å². The average molecular weight is 501 g/mol. The number of rotatable bonds is 5. The van der Waals surface area contributed by atoms with Crippen molar-refractivity contribution in [3.05, 3.63) is 64.0 Å². The van der Waals surface area contributed by atoms with Crippen LogP contribution < -0.4 is 20.3 Å². The van der Waals surface area contributed by atoms with Crippen molar-refractivity contribution in [2.45, 2.75) is 44.3 Å². The molecule has 1 aromatic carbocycles. The molecule has 0 saturated carbocycles. The second kappa shape index (κ2) is 10.1. The Kier molecular flexibility index (Phi) is 6.95. The van der Waals surface area contributed by atoms with Gasteiger partial charge in [0.2, 0.25) is 0 Å². The highest BCUT2D eigenvalue weighted by atomic mass is 35.5. The molecule has 1 N–H and O–H groups in total. The molecule has 7 nitrogen and oxygen atoms in total. The fourth-order valence-electron chi connectivity index (χ4n) is 5.56. The molecule has 1 saturated heterocycles. The van der Waals surface area contributed by atoms with E-state index in [1.54, 1.807) is 22.9 Å². The molecule has 35 heavy (non-hydrogen) atoms. The van der Waals surface area contributed by atoms with Gasteiger partial charge in [0, 0.05) is 49.1 Å². The van der Waals surface area contributed by atoms with Gasteiger partial charge in [-0.05, 0) is 50.0 Å². The summed E-state index contributed by atoms with van der Waals surface area (Å²) in [4.78, 5) is 19.3. The van der Waals surface area contributed by atoms with Gasteiger partial charge in [0.15, 0.2) is 11.5 Å². The number of fused-ring (bicyclic) bond motifs is 1. The molecule has 0 radical (unpaired) electrons. The van der Waals surface area contributed by atoms with Crippen molar-refractivity contribution in [3.63, 3.8) is 0 Å². The van der Waals surface area contributed by atoms with Gasteiger partial charge in [-0.3, -0.25) is 9.78 Å². The van der Waals surface area contributed by atoms with Crippen LogP contribution in [0.25, 0.3) is 10.9 Å². The van der Waals surface area contributed by atoms with Crippen LogP contribution in [0.15, 0.2) is 41.3 Å². The highest BCUT2D eigenvalue weighted by molar-refractivity contribution is 5.85. The van der Waals surface area contributed by atoms with Gasteiger partial charge in [-0.2, -0.15) is 0 Å². The van der Waals surface area contributed by atoms with Crippen molar-refractivity contribution in [2.75, 3.05) is 32.8 Å². The lowest BCUT2D eigenvalue weighted by atomic mass is 9.89. The molecule has 1 atom stereocenters. The predicted octanol–water partition coefficient (Wildman–Crippen LogP) is 3.47. The summed E-state index contributed by atoms with van der Waals surface area (Å²) in [7, 11) is 0. The standard InChI is InChI=1S/C26H29FN4O3.ClH/c27-22-3-1-20-17(5-10-31-25(32)4-2-21(22)26(20)31)16-30-8-6-18(7-9-30)28-14-19-13-23-24(15-29-19)34-12-11-33-23;/h1-4,13,15,17-18,28H,5-12,14,16H2;1H. The first-order valence-electron chi connectivity index (χ1n) is 12.2. The maximum absolute atomic E-state index is 14.4. The van der Waals surface area contributed by atoms with E-state index in [9.17, 15) is 9.18 Å². The number of pyridine rings is 2. The zero-order valence-corrected chi connectivity index (χ0v) is 20.4. The number of halogens is 2. The Hall–Kier alpha value is -2.68. The van der Waals surface area contributed by atoms with E-state index >= 15 is 0 Å². The minimum atomic E-state index is -0.257. The summed E-state index contributed by atoms with van der Waals surface area (Å²) in [5.74, 6) is 1.56. The van der Waals surface area contributed by atoms with Crippen molar-refractivity contribution in [2.24, 2.45) is 0 Å². The SMILES string of the molecule is Cl.O=c1ccc2c(F)ccc3c2n1CCC3CN1CCC(NCc2cc3c(cn2)OCCO3)CC1. The van der Waals surface area contributed by atoms with Crippen molar-refractivity contribution in [3.8, 4) is 11.5 Å². The molecule has 1 unspecified atom stereocenters. The Balaban J connectivity index is 0.00000253. The number of likely N-dealkylation sites (tertiary alicyclic amines) is 1. The van der Waals surface area contributed by atoms with Crippen LogP contribution in [0.1, 0.15) is 36.4 Å². The van der Waals surface area contributed by atoms with Crippen LogP contribution in [0.3, 0.4) is 0 Å². The van der Waals surface area contributed by atoms with Gasteiger partial charge in [-0.25, -0.2) is 4.39 Å². The van der Waals surface area contributed by atoms with Crippen LogP contribution in [0, 0.1) is 5.82 Å². The zero-order valence-electron chi connectivity index (χ0n) is 19.5. The molecular formula is C26H30ClFN4O3. The highest BCUT2D eigenvalue weighted by Crippen LogP contribution is 2.34. The molecule has 6 rings (SSSR count). The molecule has 0 aliphatic carbocycles. The summed E-state index contributed by atoms with van der Waals surface area (Å²) in [6, 6.07) is 8.96. The summed E-state index contributed by atoms with van der Waals surface area (Å²) in [5.41, 5.74) is 2.80. The van der Waals surface area contributed by atoms with Crippen molar-refractivity contribution >= 4 is 23.3 Å². The molecule has 3 aliphatic heterocycles. The van der Waals surface area contributed by atoms with E-state index in [0.717, 1.165) is 67.2 Å². The minimum absolute atomic E-state index is 0. The fourth-order valence-corrected chi connectivity index (χ4v) is 5.56. The Morgan fingerprint density at radius 1 is 1.03 bits per heavy atom. The lowest BCUT2D eigenvalue weighted by Gasteiger charge is -2.36. The molecule has 1 fully saturated rings. The molecule has 186 valence electrons. The van der Waals surface area contributed by atoms with Gasteiger partial charge in [-0.15, -0.1) is 12.4 Å². The highest BCUT2D eigenvalue weighted by Gasteiger charge is 2.27.